The van der Waals surface area contributed by atoms with Gasteiger partial charge in [0.2, 0.25) is 0 Å². The topological polar surface area (TPSA) is 64.8 Å². The first-order chi connectivity index (χ1) is 10.3. The average Bonchev–Trinajstić information content (AvgIpc) is 3.11. The SMILES string of the molecule is COCCOCC1CCN(c2cc(C)nc3ncnn23)C1. The lowest BCUT2D eigenvalue weighted by atomic mass is 10.1. The first-order valence-corrected chi connectivity index (χ1v) is 7.27. The van der Waals surface area contributed by atoms with E-state index in [9.17, 15) is 0 Å². The predicted molar refractivity (Wildman–Crippen MR) is 78.5 cm³/mol. The molecule has 0 bridgehead atoms. The number of fused-ring (bicyclic) bond motifs is 1. The maximum atomic E-state index is 5.64. The Hall–Kier alpha value is -1.73. The molecule has 2 aromatic heterocycles. The molecule has 1 unspecified atom stereocenters. The quantitative estimate of drug-likeness (QED) is 0.738. The zero-order chi connectivity index (χ0) is 14.7. The molecule has 2 aromatic rings. The van der Waals surface area contributed by atoms with Crippen molar-refractivity contribution in [1.29, 1.82) is 0 Å². The van der Waals surface area contributed by atoms with Crippen LogP contribution in [0, 0.1) is 12.8 Å². The van der Waals surface area contributed by atoms with Crippen LogP contribution >= 0.6 is 0 Å². The molecule has 0 spiro atoms. The second-order valence-electron chi connectivity index (χ2n) is 5.40. The highest BCUT2D eigenvalue weighted by molar-refractivity contribution is 5.47. The van der Waals surface area contributed by atoms with E-state index in [-0.39, 0.29) is 0 Å². The number of aryl methyl sites for hydroxylation is 1. The molecule has 0 saturated carbocycles. The maximum absolute atomic E-state index is 5.64. The number of ether oxygens (including phenoxy) is 2. The van der Waals surface area contributed by atoms with Crippen LogP contribution in [0.1, 0.15) is 12.1 Å². The lowest BCUT2D eigenvalue weighted by Crippen LogP contribution is -2.24. The number of aromatic nitrogens is 4. The van der Waals surface area contributed by atoms with Crippen LogP contribution < -0.4 is 4.90 Å². The standard InChI is InChI=1S/C14H21N5O2/c1-11-7-13(19-14(17-11)15-10-16-19)18-4-3-12(8-18)9-21-6-5-20-2/h7,10,12H,3-6,8-9H2,1-2H3. The summed E-state index contributed by atoms with van der Waals surface area (Å²) in [5, 5.41) is 4.27. The zero-order valence-corrected chi connectivity index (χ0v) is 12.5. The van der Waals surface area contributed by atoms with E-state index in [4.69, 9.17) is 9.47 Å². The second kappa shape index (κ2) is 6.36. The van der Waals surface area contributed by atoms with Gasteiger partial charge < -0.3 is 14.4 Å². The molecule has 1 atom stereocenters. The minimum atomic E-state index is 0.550. The van der Waals surface area contributed by atoms with Gasteiger partial charge in [0.05, 0.1) is 19.8 Å². The van der Waals surface area contributed by atoms with Crippen molar-refractivity contribution < 1.29 is 9.47 Å². The molecule has 21 heavy (non-hydrogen) atoms. The lowest BCUT2D eigenvalue weighted by molar-refractivity contribution is 0.0549. The Balaban J connectivity index is 1.66. The monoisotopic (exact) mass is 291 g/mol. The molecule has 0 amide bonds. The molecule has 0 N–H and O–H groups in total. The van der Waals surface area contributed by atoms with Crippen LogP contribution in [0.25, 0.3) is 5.78 Å². The van der Waals surface area contributed by atoms with Gasteiger partial charge in [-0.2, -0.15) is 14.6 Å². The third kappa shape index (κ3) is 3.14. The summed E-state index contributed by atoms with van der Waals surface area (Å²) in [6.45, 7) is 6.07. The summed E-state index contributed by atoms with van der Waals surface area (Å²) in [5.41, 5.74) is 0.963. The van der Waals surface area contributed by atoms with Crippen molar-refractivity contribution in [2.45, 2.75) is 13.3 Å². The molecule has 1 aliphatic heterocycles. The summed E-state index contributed by atoms with van der Waals surface area (Å²) in [4.78, 5) is 10.9. The predicted octanol–water partition coefficient (Wildman–Crippen LogP) is 0.922. The van der Waals surface area contributed by atoms with Gasteiger partial charge in [-0.1, -0.05) is 0 Å². The molecule has 1 saturated heterocycles. The fourth-order valence-electron chi connectivity index (χ4n) is 2.71. The Morgan fingerprint density at radius 1 is 1.38 bits per heavy atom. The Labute approximate surface area is 123 Å². The molecule has 7 nitrogen and oxygen atoms in total. The van der Waals surface area contributed by atoms with Crippen LogP contribution in [0.15, 0.2) is 12.4 Å². The Kier molecular flexibility index (Phi) is 4.31. The van der Waals surface area contributed by atoms with Crippen molar-refractivity contribution in [2.24, 2.45) is 5.92 Å². The molecule has 1 aliphatic rings. The van der Waals surface area contributed by atoms with Crippen LogP contribution in [0.2, 0.25) is 0 Å². The summed E-state index contributed by atoms with van der Waals surface area (Å²) < 4.78 is 12.4. The van der Waals surface area contributed by atoms with Gasteiger partial charge in [0.1, 0.15) is 12.1 Å². The molecule has 3 heterocycles. The van der Waals surface area contributed by atoms with E-state index in [1.165, 1.54) is 0 Å². The Bertz CT molecular complexity index is 600. The number of methoxy groups -OCH3 is 1. The summed E-state index contributed by atoms with van der Waals surface area (Å²) in [5.74, 6) is 2.27. The van der Waals surface area contributed by atoms with E-state index in [1.807, 2.05) is 6.92 Å². The van der Waals surface area contributed by atoms with Gasteiger partial charge >= 0.3 is 0 Å². The van der Waals surface area contributed by atoms with Crippen LogP contribution in [-0.2, 0) is 9.47 Å². The minimum Gasteiger partial charge on any atom is -0.382 e. The molecule has 1 fully saturated rings. The molecule has 0 aromatic carbocycles. The summed E-state index contributed by atoms with van der Waals surface area (Å²) in [7, 11) is 1.69. The first kappa shape index (κ1) is 14.2. The van der Waals surface area contributed by atoms with Crippen molar-refractivity contribution in [3.05, 3.63) is 18.1 Å². The number of hydrogen-bond donors (Lipinski definition) is 0. The van der Waals surface area contributed by atoms with E-state index >= 15 is 0 Å². The van der Waals surface area contributed by atoms with E-state index in [0.717, 1.165) is 37.6 Å². The van der Waals surface area contributed by atoms with Gasteiger partial charge in [0.25, 0.3) is 5.78 Å². The largest absolute Gasteiger partial charge is 0.382 e. The average molecular weight is 291 g/mol. The Morgan fingerprint density at radius 3 is 3.14 bits per heavy atom. The molecule has 7 heteroatoms. The zero-order valence-electron chi connectivity index (χ0n) is 12.5. The molecule has 114 valence electrons. The lowest BCUT2D eigenvalue weighted by Gasteiger charge is -2.19. The number of anilines is 1. The molecular formula is C14H21N5O2. The number of hydrogen-bond acceptors (Lipinski definition) is 6. The molecule has 0 aliphatic carbocycles. The first-order valence-electron chi connectivity index (χ1n) is 7.27. The van der Waals surface area contributed by atoms with Crippen LogP contribution in [0.4, 0.5) is 5.82 Å². The van der Waals surface area contributed by atoms with Gasteiger partial charge in [0, 0.05) is 37.9 Å². The van der Waals surface area contributed by atoms with Crippen molar-refractivity contribution >= 4 is 11.6 Å². The highest BCUT2D eigenvalue weighted by Crippen LogP contribution is 2.24. The number of nitrogens with zero attached hydrogens (tertiary/aromatic N) is 5. The third-order valence-corrected chi connectivity index (χ3v) is 3.76. The van der Waals surface area contributed by atoms with Gasteiger partial charge in [-0.15, -0.1) is 0 Å². The van der Waals surface area contributed by atoms with E-state index in [2.05, 4.69) is 26.0 Å². The van der Waals surface area contributed by atoms with Gasteiger partial charge in [-0.25, -0.2) is 4.98 Å². The number of rotatable bonds is 6. The normalized spacial score (nSPS) is 18.8. The fraction of sp³-hybridized carbons (Fsp3) is 0.643. The van der Waals surface area contributed by atoms with E-state index in [0.29, 0.717) is 24.9 Å². The molecule has 0 radical (unpaired) electrons. The summed E-state index contributed by atoms with van der Waals surface area (Å²) in [6, 6.07) is 2.07. The van der Waals surface area contributed by atoms with Crippen molar-refractivity contribution in [1.82, 2.24) is 19.6 Å². The van der Waals surface area contributed by atoms with E-state index < -0.39 is 0 Å². The summed E-state index contributed by atoms with van der Waals surface area (Å²) >= 11 is 0. The molecular weight excluding hydrogens is 270 g/mol. The van der Waals surface area contributed by atoms with Crippen LogP contribution in [0.5, 0.6) is 0 Å². The fourth-order valence-corrected chi connectivity index (χ4v) is 2.71. The highest BCUT2D eigenvalue weighted by Gasteiger charge is 2.25. The third-order valence-electron chi connectivity index (χ3n) is 3.76. The van der Waals surface area contributed by atoms with Gasteiger partial charge in [-0.05, 0) is 13.3 Å². The van der Waals surface area contributed by atoms with Crippen LogP contribution in [-0.4, -0.2) is 59.6 Å². The summed E-state index contributed by atoms with van der Waals surface area (Å²) in [6.07, 6.45) is 2.68. The van der Waals surface area contributed by atoms with Gasteiger partial charge in [0.15, 0.2) is 0 Å². The smallest absolute Gasteiger partial charge is 0.254 e. The second-order valence-corrected chi connectivity index (χ2v) is 5.40. The van der Waals surface area contributed by atoms with Crippen LogP contribution in [0.3, 0.4) is 0 Å². The van der Waals surface area contributed by atoms with E-state index in [1.54, 1.807) is 18.0 Å². The highest BCUT2D eigenvalue weighted by atomic mass is 16.5. The minimum absolute atomic E-state index is 0.550. The Morgan fingerprint density at radius 2 is 2.29 bits per heavy atom. The maximum Gasteiger partial charge on any atom is 0.254 e. The van der Waals surface area contributed by atoms with Crippen molar-refractivity contribution in [3.63, 3.8) is 0 Å². The van der Waals surface area contributed by atoms with Gasteiger partial charge in [-0.3, -0.25) is 0 Å². The van der Waals surface area contributed by atoms with Crippen molar-refractivity contribution in [3.8, 4) is 0 Å². The van der Waals surface area contributed by atoms with Crippen molar-refractivity contribution in [2.75, 3.05) is 44.9 Å². The molecule has 3 rings (SSSR count).